The number of para-hydroxylation sites is 2. The molecule has 0 fully saturated rings. The summed E-state index contributed by atoms with van der Waals surface area (Å²) < 4.78 is 16.5. The molecule has 0 radical (unpaired) electrons. The van der Waals surface area contributed by atoms with Crippen molar-refractivity contribution in [2.24, 2.45) is 4.99 Å². The number of benzene rings is 2. The lowest BCUT2D eigenvalue weighted by Crippen LogP contribution is -2.39. The number of guanidine groups is 1. The molecule has 7 heteroatoms. The van der Waals surface area contributed by atoms with Gasteiger partial charge in [-0.2, -0.15) is 0 Å². The van der Waals surface area contributed by atoms with Crippen molar-refractivity contribution < 1.29 is 14.2 Å². The third-order valence-corrected chi connectivity index (χ3v) is 3.64. The Kier molecular flexibility index (Phi) is 11.1. The minimum Gasteiger partial charge on any atom is -0.493 e. The highest BCUT2D eigenvalue weighted by molar-refractivity contribution is 14.0. The van der Waals surface area contributed by atoms with E-state index in [1.54, 1.807) is 14.2 Å². The van der Waals surface area contributed by atoms with E-state index in [0.29, 0.717) is 31.2 Å². The molecule has 0 heterocycles. The Bertz CT molecular complexity index is 696. The van der Waals surface area contributed by atoms with Crippen LogP contribution in [-0.2, 0) is 6.54 Å². The zero-order valence-electron chi connectivity index (χ0n) is 16.0. The topological polar surface area (TPSA) is 64.1 Å². The quantitative estimate of drug-likeness (QED) is 0.247. The maximum Gasteiger partial charge on any atom is 0.191 e. The number of rotatable bonds is 9. The van der Waals surface area contributed by atoms with E-state index in [4.69, 9.17) is 14.2 Å². The average Bonchev–Trinajstić information content (AvgIpc) is 2.69. The Balaban J connectivity index is 0.00000364. The van der Waals surface area contributed by atoms with Crippen LogP contribution in [0, 0.1) is 0 Å². The van der Waals surface area contributed by atoms with Crippen LogP contribution in [0.4, 0.5) is 0 Å². The summed E-state index contributed by atoms with van der Waals surface area (Å²) >= 11 is 0. The second kappa shape index (κ2) is 13.1. The monoisotopic (exact) mass is 485 g/mol. The van der Waals surface area contributed by atoms with E-state index in [9.17, 15) is 0 Å². The van der Waals surface area contributed by atoms with Crippen molar-refractivity contribution >= 4 is 29.9 Å². The molecule has 0 aliphatic heterocycles. The summed E-state index contributed by atoms with van der Waals surface area (Å²) in [5.74, 6) is 3.00. The molecule has 27 heavy (non-hydrogen) atoms. The standard InChI is InChI=1S/C20H27N3O3.HI/c1-4-21-20(22-13-14-26-17-10-6-5-7-11-17)23-15-16-9-8-12-18(24-2)19(16)25-3;/h5-12H,4,13-15H2,1-3H3,(H2,21,22,23);1H. The molecule has 2 N–H and O–H groups in total. The Morgan fingerprint density at radius 1 is 0.963 bits per heavy atom. The van der Waals surface area contributed by atoms with Crippen LogP contribution in [-0.4, -0.2) is 39.9 Å². The summed E-state index contributed by atoms with van der Waals surface area (Å²) in [6.07, 6.45) is 0. The minimum atomic E-state index is 0. The predicted octanol–water partition coefficient (Wildman–Crippen LogP) is 3.46. The fourth-order valence-electron chi connectivity index (χ4n) is 2.44. The maximum absolute atomic E-state index is 5.68. The molecule has 2 aromatic rings. The Morgan fingerprint density at radius 2 is 1.74 bits per heavy atom. The summed E-state index contributed by atoms with van der Waals surface area (Å²) in [5.41, 5.74) is 0.963. The van der Waals surface area contributed by atoms with Gasteiger partial charge in [0.1, 0.15) is 12.4 Å². The number of halogens is 1. The number of hydrogen-bond donors (Lipinski definition) is 2. The van der Waals surface area contributed by atoms with Crippen LogP contribution in [0.5, 0.6) is 17.2 Å². The second-order valence-electron chi connectivity index (χ2n) is 5.44. The van der Waals surface area contributed by atoms with E-state index in [-0.39, 0.29) is 24.0 Å². The molecule has 2 aromatic carbocycles. The molecule has 0 aliphatic carbocycles. The molecule has 0 spiro atoms. The molecule has 2 rings (SSSR count). The van der Waals surface area contributed by atoms with Crippen LogP contribution in [0.15, 0.2) is 53.5 Å². The SMILES string of the molecule is CCNC(=NCc1cccc(OC)c1OC)NCCOc1ccccc1.I. The second-order valence-corrected chi connectivity index (χ2v) is 5.44. The van der Waals surface area contributed by atoms with Crippen molar-refractivity contribution in [3.63, 3.8) is 0 Å². The first kappa shape index (κ1) is 22.9. The van der Waals surface area contributed by atoms with Gasteiger partial charge in [-0.3, -0.25) is 0 Å². The normalized spacial score (nSPS) is 10.6. The lowest BCUT2D eigenvalue weighted by molar-refractivity contribution is 0.322. The minimum absolute atomic E-state index is 0. The number of aliphatic imine (C=N–C) groups is 1. The zero-order valence-corrected chi connectivity index (χ0v) is 18.4. The summed E-state index contributed by atoms with van der Waals surface area (Å²) in [5, 5.41) is 6.50. The van der Waals surface area contributed by atoms with E-state index in [0.717, 1.165) is 23.8 Å². The average molecular weight is 485 g/mol. The summed E-state index contributed by atoms with van der Waals surface area (Å²) in [6, 6.07) is 15.5. The van der Waals surface area contributed by atoms with Gasteiger partial charge in [0.05, 0.1) is 27.3 Å². The predicted molar refractivity (Wildman–Crippen MR) is 120 cm³/mol. The number of nitrogens with zero attached hydrogens (tertiary/aromatic N) is 1. The number of hydrogen-bond acceptors (Lipinski definition) is 4. The molecule has 0 saturated carbocycles. The van der Waals surface area contributed by atoms with Gasteiger partial charge < -0.3 is 24.8 Å². The lowest BCUT2D eigenvalue weighted by Gasteiger charge is -2.14. The fraction of sp³-hybridized carbons (Fsp3) is 0.350. The Hall–Kier alpha value is -2.16. The van der Waals surface area contributed by atoms with Crippen molar-refractivity contribution in [2.75, 3.05) is 33.9 Å². The van der Waals surface area contributed by atoms with Gasteiger partial charge in [-0.05, 0) is 25.1 Å². The van der Waals surface area contributed by atoms with Crippen molar-refractivity contribution in [3.05, 3.63) is 54.1 Å². The highest BCUT2D eigenvalue weighted by Gasteiger charge is 2.09. The molecule has 0 atom stereocenters. The molecule has 0 bridgehead atoms. The molecule has 0 saturated heterocycles. The highest BCUT2D eigenvalue weighted by atomic mass is 127. The van der Waals surface area contributed by atoms with Gasteiger partial charge in [-0.25, -0.2) is 4.99 Å². The molecule has 0 aromatic heterocycles. The van der Waals surface area contributed by atoms with Gasteiger partial charge in [0.2, 0.25) is 0 Å². The van der Waals surface area contributed by atoms with Crippen LogP contribution < -0.4 is 24.8 Å². The first-order chi connectivity index (χ1) is 12.8. The largest absolute Gasteiger partial charge is 0.493 e. The summed E-state index contributed by atoms with van der Waals surface area (Å²) in [6.45, 7) is 4.49. The van der Waals surface area contributed by atoms with Crippen molar-refractivity contribution in [1.82, 2.24) is 10.6 Å². The first-order valence-electron chi connectivity index (χ1n) is 8.68. The Labute approximate surface area is 178 Å². The van der Waals surface area contributed by atoms with Crippen LogP contribution in [0.25, 0.3) is 0 Å². The van der Waals surface area contributed by atoms with Gasteiger partial charge in [0.25, 0.3) is 0 Å². The molecule has 0 unspecified atom stereocenters. The molecule has 148 valence electrons. The van der Waals surface area contributed by atoms with E-state index in [1.165, 1.54) is 0 Å². The van der Waals surface area contributed by atoms with Crippen molar-refractivity contribution in [2.45, 2.75) is 13.5 Å². The summed E-state index contributed by atoms with van der Waals surface area (Å²) in [4.78, 5) is 4.62. The van der Waals surface area contributed by atoms with Crippen molar-refractivity contribution in [1.29, 1.82) is 0 Å². The molecular weight excluding hydrogens is 457 g/mol. The van der Waals surface area contributed by atoms with Gasteiger partial charge in [0.15, 0.2) is 17.5 Å². The molecular formula is C20H28IN3O3. The van der Waals surface area contributed by atoms with Gasteiger partial charge >= 0.3 is 0 Å². The number of ether oxygens (including phenoxy) is 3. The van der Waals surface area contributed by atoms with Crippen LogP contribution in [0.2, 0.25) is 0 Å². The van der Waals surface area contributed by atoms with Gasteiger partial charge in [-0.15, -0.1) is 24.0 Å². The van der Waals surface area contributed by atoms with Gasteiger partial charge in [0, 0.05) is 12.1 Å². The maximum atomic E-state index is 5.68. The highest BCUT2D eigenvalue weighted by Crippen LogP contribution is 2.30. The first-order valence-corrected chi connectivity index (χ1v) is 8.68. The van der Waals surface area contributed by atoms with Crippen molar-refractivity contribution in [3.8, 4) is 17.2 Å². The van der Waals surface area contributed by atoms with Crippen LogP contribution in [0.3, 0.4) is 0 Å². The fourth-order valence-corrected chi connectivity index (χ4v) is 2.44. The lowest BCUT2D eigenvalue weighted by atomic mass is 10.2. The Morgan fingerprint density at radius 3 is 2.41 bits per heavy atom. The molecule has 0 aliphatic rings. The third kappa shape index (κ3) is 7.54. The molecule has 0 amide bonds. The molecule has 6 nitrogen and oxygen atoms in total. The van der Waals surface area contributed by atoms with E-state index >= 15 is 0 Å². The number of methoxy groups -OCH3 is 2. The number of nitrogens with one attached hydrogen (secondary N) is 2. The van der Waals surface area contributed by atoms with E-state index in [2.05, 4.69) is 15.6 Å². The smallest absolute Gasteiger partial charge is 0.191 e. The third-order valence-electron chi connectivity index (χ3n) is 3.64. The van der Waals surface area contributed by atoms with Gasteiger partial charge in [-0.1, -0.05) is 30.3 Å². The zero-order chi connectivity index (χ0) is 18.6. The van der Waals surface area contributed by atoms with E-state index in [1.807, 2.05) is 55.5 Å². The summed E-state index contributed by atoms with van der Waals surface area (Å²) in [7, 11) is 3.26. The van der Waals surface area contributed by atoms with Crippen LogP contribution in [0.1, 0.15) is 12.5 Å². The van der Waals surface area contributed by atoms with E-state index < -0.39 is 0 Å². The van der Waals surface area contributed by atoms with Crippen LogP contribution >= 0.6 is 24.0 Å².